The second-order valence-corrected chi connectivity index (χ2v) is 9.52. The van der Waals surface area contributed by atoms with Gasteiger partial charge in [0.2, 0.25) is 17.8 Å². The number of nitrogens with one attached hydrogen (secondary N) is 1. The Morgan fingerprint density at radius 1 is 0.865 bits per heavy atom. The van der Waals surface area contributed by atoms with E-state index in [4.69, 9.17) is 19.4 Å². The van der Waals surface area contributed by atoms with E-state index in [-0.39, 0.29) is 5.56 Å². The Bertz CT molecular complexity index is 1190. The molecule has 5 rings (SSSR count). The number of carboxylic acid groups (broad SMARTS) is 1. The van der Waals surface area contributed by atoms with Crippen LogP contribution in [0.4, 0.5) is 17.8 Å². The first-order valence-electron chi connectivity index (χ1n) is 13.1. The lowest BCUT2D eigenvalue weighted by Gasteiger charge is -2.24. The van der Waals surface area contributed by atoms with Crippen molar-refractivity contribution in [1.29, 1.82) is 0 Å². The van der Waals surface area contributed by atoms with Crippen molar-refractivity contribution < 1.29 is 14.3 Å². The van der Waals surface area contributed by atoms with E-state index in [0.29, 0.717) is 34.9 Å². The fourth-order valence-electron chi connectivity index (χ4n) is 4.76. The molecule has 194 valence electrons. The summed E-state index contributed by atoms with van der Waals surface area (Å²) in [7, 11) is 0. The smallest absolute Gasteiger partial charge is 0.335 e. The number of aromatic carboxylic acids is 1. The zero-order chi connectivity index (χ0) is 25.5. The van der Waals surface area contributed by atoms with Gasteiger partial charge in [-0.2, -0.15) is 20.1 Å². The molecule has 0 radical (unpaired) electrons. The van der Waals surface area contributed by atoms with E-state index in [1.807, 2.05) is 6.07 Å². The van der Waals surface area contributed by atoms with Gasteiger partial charge in [-0.05, 0) is 49.9 Å². The zero-order valence-electron chi connectivity index (χ0n) is 21.0. The first kappa shape index (κ1) is 24.7. The Balaban J connectivity index is 1.34. The molecule has 2 fully saturated rings. The molecular weight excluding hydrogens is 470 g/mol. The Kier molecular flexibility index (Phi) is 7.93. The number of hydrogen-bond donors (Lipinski definition) is 2. The zero-order valence-corrected chi connectivity index (χ0v) is 21.0. The third-order valence-electron chi connectivity index (χ3n) is 6.77. The summed E-state index contributed by atoms with van der Waals surface area (Å²) in [5.74, 6) is 1.93. The van der Waals surface area contributed by atoms with Gasteiger partial charge in [0.05, 0.1) is 11.8 Å². The highest BCUT2D eigenvalue weighted by Gasteiger charge is 2.19. The predicted molar refractivity (Wildman–Crippen MR) is 144 cm³/mol. The van der Waals surface area contributed by atoms with E-state index in [1.165, 1.54) is 25.7 Å². The van der Waals surface area contributed by atoms with Crippen LogP contribution in [-0.2, 0) is 0 Å². The quantitative estimate of drug-likeness (QED) is 0.337. The van der Waals surface area contributed by atoms with Gasteiger partial charge >= 0.3 is 5.97 Å². The predicted octanol–water partition coefficient (Wildman–Crippen LogP) is 5.04. The molecule has 0 aliphatic carbocycles. The number of furan rings is 1. The lowest BCUT2D eigenvalue weighted by atomic mass is 10.1. The summed E-state index contributed by atoms with van der Waals surface area (Å²) in [6.07, 6.45) is 11.1. The summed E-state index contributed by atoms with van der Waals surface area (Å²) in [6.45, 7) is 3.80. The standard InChI is InChI=1S/C27H33N7O3/c35-24(36)21-11-9-10-20(18-21)23-13-12-22(37-23)19-28-32-25-29-26(33-14-5-1-2-6-15-33)31-27(30-25)34-16-7-3-4-8-17-34/h9-13,18-19H,1-8,14-17H2,(H,35,36)(H,29,30,31,32)/b28-19+. The molecule has 37 heavy (non-hydrogen) atoms. The minimum absolute atomic E-state index is 0.209. The van der Waals surface area contributed by atoms with Gasteiger partial charge in [0, 0.05) is 31.7 Å². The number of aromatic nitrogens is 3. The van der Waals surface area contributed by atoms with Crippen LogP contribution >= 0.6 is 0 Å². The number of carbonyl (C=O) groups is 1. The first-order valence-corrected chi connectivity index (χ1v) is 13.1. The minimum atomic E-state index is -0.976. The van der Waals surface area contributed by atoms with Gasteiger partial charge in [0.25, 0.3) is 0 Å². The number of hydrazone groups is 1. The third-order valence-corrected chi connectivity index (χ3v) is 6.77. The monoisotopic (exact) mass is 503 g/mol. The van der Waals surface area contributed by atoms with Crippen LogP contribution in [-0.4, -0.2) is 58.4 Å². The molecule has 1 aromatic carbocycles. The van der Waals surface area contributed by atoms with E-state index in [2.05, 4.69) is 20.3 Å². The van der Waals surface area contributed by atoms with Crippen LogP contribution in [0.5, 0.6) is 0 Å². The van der Waals surface area contributed by atoms with Gasteiger partial charge in [-0.1, -0.05) is 37.8 Å². The lowest BCUT2D eigenvalue weighted by Crippen LogP contribution is -2.30. The Hall–Kier alpha value is -3.95. The molecule has 10 heteroatoms. The first-order chi connectivity index (χ1) is 18.2. The number of carboxylic acids is 1. The van der Waals surface area contributed by atoms with Gasteiger partial charge in [-0.3, -0.25) is 0 Å². The molecule has 0 saturated carbocycles. The van der Waals surface area contributed by atoms with Crippen LogP contribution in [0.25, 0.3) is 11.3 Å². The van der Waals surface area contributed by atoms with Crippen LogP contribution < -0.4 is 15.2 Å². The molecule has 2 aliphatic rings. The molecule has 2 saturated heterocycles. The molecule has 10 nitrogen and oxygen atoms in total. The fourth-order valence-corrected chi connectivity index (χ4v) is 4.76. The van der Waals surface area contributed by atoms with Gasteiger partial charge in [-0.15, -0.1) is 0 Å². The molecule has 0 spiro atoms. The summed E-state index contributed by atoms with van der Waals surface area (Å²) in [5.41, 5.74) is 3.87. The maximum absolute atomic E-state index is 11.3. The molecule has 4 heterocycles. The third kappa shape index (κ3) is 6.44. The van der Waals surface area contributed by atoms with Crippen molar-refractivity contribution in [2.24, 2.45) is 5.10 Å². The van der Waals surface area contributed by atoms with Gasteiger partial charge in [-0.25, -0.2) is 10.2 Å². The van der Waals surface area contributed by atoms with E-state index in [1.54, 1.807) is 36.5 Å². The maximum atomic E-state index is 11.3. The number of rotatable bonds is 7. The topological polar surface area (TPSA) is 120 Å². The Labute approximate surface area is 216 Å². The lowest BCUT2D eigenvalue weighted by molar-refractivity contribution is 0.0697. The van der Waals surface area contributed by atoms with Crippen molar-refractivity contribution in [3.63, 3.8) is 0 Å². The molecule has 2 N–H and O–H groups in total. The number of anilines is 3. The highest BCUT2D eigenvalue weighted by Crippen LogP contribution is 2.24. The van der Waals surface area contributed by atoms with Gasteiger partial charge in [0.15, 0.2) is 0 Å². The summed E-state index contributed by atoms with van der Waals surface area (Å²) in [6, 6.07) is 10.2. The van der Waals surface area contributed by atoms with Crippen LogP contribution in [0.1, 0.15) is 67.5 Å². The normalized spacial score (nSPS) is 17.0. The van der Waals surface area contributed by atoms with E-state index in [0.717, 1.165) is 51.9 Å². The summed E-state index contributed by atoms with van der Waals surface area (Å²) >= 11 is 0. The Morgan fingerprint density at radius 3 is 2.08 bits per heavy atom. The SMILES string of the molecule is O=C(O)c1cccc(-c2ccc(/C=N/Nc3nc(N4CCCCCC4)nc(N4CCCCCC4)n3)o2)c1. The summed E-state index contributed by atoms with van der Waals surface area (Å²) in [5, 5.41) is 13.6. The number of hydrogen-bond acceptors (Lipinski definition) is 9. The number of nitrogens with zero attached hydrogens (tertiary/aromatic N) is 6. The second kappa shape index (κ2) is 11.9. The average Bonchev–Trinajstić information content (AvgIpc) is 3.09. The molecule has 0 amide bonds. The van der Waals surface area contributed by atoms with Crippen molar-refractivity contribution in [2.45, 2.75) is 51.4 Å². The summed E-state index contributed by atoms with van der Waals surface area (Å²) in [4.78, 5) is 30.0. The minimum Gasteiger partial charge on any atom is -0.478 e. The largest absolute Gasteiger partial charge is 0.478 e. The summed E-state index contributed by atoms with van der Waals surface area (Å²) < 4.78 is 5.86. The average molecular weight is 504 g/mol. The molecular formula is C27H33N7O3. The van der Waals surface area contributed by atoms with Crippen LogP contribution in [0.3, 0.4) is 0 Å². The van der Waals surface area contributed by atoms with Crippen molar-refractivity contribution in [3.05, 3.63) is 47.7 Å². The number of benzene rings is 1. The van der Waals surface area contributed by atoms with Gasteiger partial charge < -0.3 is 19.3 Å². The second-order valence-electron chi connectivity index (χ2n) is 9.52. The molecule has 2 aliphatic heterocycles. The van der Waals surface area contributed by atoms with Crippen LogP contribution in [0, 0.1) is 0 Å². The molecule has 0 unspecified atom stereocenters. The molecule has 0 atom stereocenters. The highest BCUT2D eigenvalue weighted by molar-refractivity contribution is 5.89. The van der Waals surface area contributed by atoms with Crippen LogP contribution in [0.2, 0.25) is 0 Å². The highest BCUT2D eigenvalue weighted by atomic mass is 16.4. The van der Waals surface area contributed by atoms with Crippen molar-refractivity contribution >= 4 is 30.0 Å². The van der Waals surface area contributed by atoms with E-state index in [9.17, 15) is 9.90 Å². The molecule has 2 aromatic heterocycles. The maximum Gasteiger partial charge on any atom is 0.335 e. The molecule has 0 bridgehead atoms. The van der Waals surface area contributed by atoms with E-state index >= 15 is 0 Å². The Morgan fingerprint density at radius 2 is 1.49 bits per heavy atom. The van der Waals surface area contributed by atoms with Gasteiger partial charge in [0.1, 0.15) is 11.5 Å². The fraction of sp³-hybridized carbons (Fsp3) is 0.444. The molecule has 3 aromatic rings. The van der Waals surface area contributed by atoms with Crippen molar-refractivity contribution in [2.75, 3.05) is 41.4 Å². The van der Waals surface area contributed by atoms with Crippen molar-refractivity contribution in [1.82, 2.24) is 15.0 Å². The van der Waals surface area contributed by atoms with Crippen LogP contribution in [0.15, 0.2) is 45.9 Å². The van der Waals surface area contributed by atoms with Crippen molar-refractivity contribution in [3.8, 4) is 11.3 Å². The van der Waals surface area contributed by atoms with E-state index < -0.39 is 5.97 Å².